The fourth-order valence-corrected chi connectivity index (χ4v) is 4.21. The quantitative estimate of drug-likeness (QED) is 0.539. The van der Waals surface area contributed by atoms with Crippen LogP contribution in [0.3, 0.4) is 0 Å². The number of benzene rings is 2. The van der Waals surface area contributed by atoms with Crippen molar-refractivity contribution in [2.24, 2.45) is 0 Å². The van der Waals surface area contributed by atoms with Crippen LogP contribution in [0.4, 0.5) is 5.13 Å². The number of aryl methyl sites for hydroxylation is 1. The van der Waals surface area contributed by atoms with Crippen LogP contribution < -0.4 is 9.64 Å². The molecule has 1 amide bonds. The number of amides is 1. The Bertz CT molecular complexity index is 1200. The van der Waals surface area contributed by atoms with E-state index in [0.29, 0.717) is 28.1 Å². The summed E-state index contributed by atoms with van der Waals surface area (Å²) in [6.45, 7) is 4.18. The lowest BCUT2D eigenvalue weighted by molar-refractivity contribution is -0.117. The summed E-state index contributed by atoms with van der Waals surface area (Å²) in [6.07, 6.45) is 3.02. The van der Waals surface area contributed by atoms with Crippen LogP contribution >= 0.6 is 11.3 Å². The number of ketones is 1. The van der Waals surface area contributed by atoms with E-state index in [2.05, 4.69) is 10.2 Å². The lowest BCUT2D eigenvalue weighted by Crippen LogP contribution is -2.30. The Labute approximate surface area is 189 Å². The third-order valence-corrected chi connectivity index (χ3v) is 5.77. The lowest BCUT2D eigenvalue weighted by atomic mass is 9.95. The monoisotopic (exact) mass is 447 g/mol. The van der Waals surface area contributed by atoms with E-state index in [0.717, 1.165) is 5.56 Å². The summed E-state index contributed by atoms with van der Waals surface area (Å²) in [5, 5.41) is 19.7. The van der Waals surface area contributed by atoms with Gasteiger partial charge in [0.2, 0.25) is 5.13 Å². The Balaban J connectivity index is 1.75. The normalized spacial score (nSPS) is 16.2. The first-order valence-corrected chi connectivity index (χ1v) is 10.9. The molecular weight excluding hydrogens is 426 g/mol. The molecule has 7 nitrogen and oxygen atoms in total. The number of aromatic nitrogens is 2. The summed E-state index contributed by atoms with van der Waals surface area (Å²) in [6, 6.07) is 15.6. The fraction of sp³-hybridized carbons (Fsp3) is 0.167. The summed E-state index contributed by atoms with van der Waals surface area (Å²) in [5.41, 5.74) is 1.48. The minimum Gasteiger partial charge on any atom is -0.503 e. The predicted octanol–water partition coefficient (Wildman–Crippen LogP) is 4.43. The Kier molecular flexibility index (Phi) is 6.13. The van der Waals surface area contributed by atoms with E-state index in [4.69, 9.17) is 4.74 Å². The van der Waals surface area contributed by atoms with Gasteiger partial charge < -0.3 is 9.84 Å². The van der Waals surface area contributed by atoms with E-state index in [1.165, 1.54) is 22.3 Å². The Morgan fingerprint density at radius 2 is 1.88 bits per heavy atom. The number of aliphatic hydroxyl groups excluding tert-OH is 1. The van der Waals surface area contributed by atoms with Gasteiger partial charge in [0.15, 0.2) is 11.5 Å². The SMILES string of the molecule is CCOc1ccc(C2C(C(=O)C=Cc3ccccc3)=C(O)C(=O)N2c2nnc(C)s2)cc1. The zero-order valence-electron chi connectivity index (χ0n) is 17.6. The van der Waals surface area contributed by atoms with Gasteiger partial charge in [0.1, 0.15) is 10.8 Å². The molecule has 1 aromatic heterocycles. The molecule has 0 spiro atoms. The van der Waals surface area contributed by atoms with Crippen molar-refractivity contribution in [3.63, 3.8) is 0 Å². The molecule has 162 valence electrons. The van der Waals surface area contributed by atoms with Crippen LogP contribution in [0, 0.1) is 6.92 Å². The minimum atomic E-state index is -0.835. The number of ether oxygens (including phenoxy) is 1. The minimum absolute atomic E-state index is 0.000746. The van der Waals surface area contributed by atoms with Crippen molar-refractivity contribution in [3.05, 3.63) is 88.1 Å². The van der Waals surface area contributed by atoms with Crippen molar-refractivity contribution in [1.29, 1.82) is 0 Å². The average molecular weight is 448 g/mol. The molecule has 2 heterocycles. The Morgan fingerprint density at radius 1 is 1.16 bits per heavy atom. The third kappa shape index (κ3) is 4.17. The van der Waals surface area contributed by atoms with E-state index in [1.54, 1.807) is 37.3 Å². The topological polar surface area (TPSA) is 92.6 Å². The number of anilines is 1. The second kappa shape index (κ2) is 9.15. The van der Waals surface area contributed by atoms with Crippen LogP contribution in [0.25, 0.3) is 6.08 Å². The summed E-state index contributed by atoms with van der Waals surface area (Å²) in [4.78, 5) is 27.5. The molecule has 1 aliphatic rings. The number of hydrogen-bond donors (Lipinski definition) is 1. The van der Waals surface area contributed by atoms with E-state index >= 15 is 0 Å². The van der Waals surface area contributed by atoms with E-state index in [1.807, 2.05) is 37.3 Å². The fourth-order valence-electron chi connectivity index (χ4n) is 3.49. The predicted molar refractivity (Wildman–Crippen MR) is 123 cm³/mol. The van der Waals surface area contributed by atoms with E-state index in [9.17, 15) is 14.7 Å². The zero-order chi connectivity index (χ0) is 22.7. The highest BCUT2D eigenvalue weighted by molar-refractivity contribution is 7.15. The van der Waals surface area contributed by atoms with E-state index in [-0.39, 0.29) is 5.57 Å². The standard InChI is InChI=1S/C24H21N3O4S/c1-3-31-18-12-10-17(11-13-18)21-20(19(28)14-9-16-7-5-4-6-8-16)22(29)23(30)27(21)24-26-25-15(2)32-24/h4-14,21,29H,3H2,1-2H3. The van der Waals surface area contributed by atoms with Gasteiger partial charge in [-0.15, -0.1) is 10.2 Å². The largest absolute Gasteiger partial charge is 0.503 e. The summed E-state index contributed by atoms with van der Waals surface area (Å²) in [5.74, 6) is -1.05. The molecule has 2 aromatic carbocycles. The molecule has 1 atom stereocenters. The van der Waals surface area contributed by atoms with Crippen LogP contribution in [-0.2, 0) is 9.59 Å². The van der Waals surface area contributed by atoms with Gasteiger partial charge in [-0.2, -0.15) is 0 Å². The van der Waals surface area contributed by atoms with Gasteiger partial charge in [-0.3, -0.25) is 14.5 Å². The van der Waals surface area contributed by atoms with Gasteiger partial charge in [-0.05, 0) is 43.2 Å². The molecule has 1 aliphatic heterocycles. The van der Waals surface area contributed by atoms with Gasteiger partial charge in [0, 0.05) is 0 Å². The molecule has 0 aliphatic carbocycles. The summed E-state index contributed by atoms with van der Waals surface area (Å²) >= 11 is 1.22. The molecule has 32 heavy (non-hydrogen) atoms. The molecule has 8 heteroatoms. The molecule has 3 aromatic rings. The maximum Gasteiger partial charge on any atom is 0.296 e. The Morgan fingerprint density at radius 3 is 2.50 bits per heavy atom. The number of aliphatic hydroxyl groups is 1. The highest BCUT2D eigenvalue weighted by Crippen LogP contribution is 2.42. The van der Waals surface area contributed by atoms with Gasteiger partial charge >= 0.3 is 0 Å². The van der Waals surface area contributed by atoms with Gasteiger partial charge in [0.25, 0.3) is 5.91 Å². The third-order valence-electron chi connectivity index (χ3n) is 4.93. The van der Waals surface area contributed by atoms with Crippen molar-refractivity contribution in [2.75, 3.05) is 11.5 Å². The molecule has 0 fully saturated rings. The molecule has 0 saturated carbocycles. The first-order valence-electron chi connectivity index (χ1n) is 10.1. The number of carbonyl (C=O) groups excluding carboxylic acids is 2. The number of carbonyl (C=O) groups is 2. The van der Waals surface area contributed by atoms with Crippen molar-refractivity contribution >= 4 is 34.2 Å². The van der Waals surface area contributed by atoms with Gasteiger partial charge in [0.05, 0.1) is 18.2 Å². The van der Waals surface area contributed by atoms with Crippen LogP contribution in [0.15, 0.2) is 72.0 Å². The van der Waals surface area contributed by atoms with Gasteiger partial charge in [-0.1, -0.05) is 59.9 Å². The van der Waals surface area contributed by atoms with Crippen LogP contribution in [0.5, 0.6) is 5.75 Å². The molecule has 1 unspecified atom stereocenters. The summed E-state index contributed by atoms with van der Waals surface area (Å²) < 4.78 is 5.50. The summed E-state index contributed by atoms with van der Waals surface area (Å²) in [7, 11) is 0. The van der Waals surface area contributed by atoms with Crippen LogP contribution in [-0.4, -0.2) is 33.6 Å². The highest BCUT2D eigenvalue weighted by Gasteiger charge is 2.45. The van der Waals surface area contributed by atoms with Gasteiger partial charge in [-0.25, -0.2) is 0 Å². The zero-order valence-corrected chi connectivity index (χ0v) is 18.4. The number of nitrogens with zero attached hydrogens (tertiary/aromatic N) is 3. The second-order valence-corrected chi connectivity index (χ2v) is 8.21. The number of allylic oxidation sites excluding steroid dienone is 1. The molecule has 0 bridgehead atoms. The number of hydrogen-bond acceptors (Lipinski definition) is 7. The molecule has 0 radical (unpaired) electrons. The Hall–Kier alpha value is -3.78. The molecule has 1 N–H and O–H groups in total. The number of rotatable bonds is 7. The van der Waals surface area contributed by atoms with Crippen molar-refractivity contribution in [2.45, 2.75) is 19.9 Å². The van der Waals surface area contributed by atoms with Crippen LogP contribution in [0.1, 0.15) is 29.1 Å². The van der Waals surface area contributed by atoms with Crippen molar-refractivity contribution in [3.8, 4) is 5.75 Å². The van der Waals surface area contributed by atoms with Crippen molar-refractivity contribution in [1.82, 2.24) is 10.2 Å². The first-order chi connectivity index (χ1) is 15.5. The first kappa shape index (κ1) is 21.5. The molecule has 0 saturated heterocycles. The second-order valence-electron chi connectivity index (χ2n) is 7.05. The van der Waals surface area contributed by atoms with Crippen molar-refractivity contribution < 1.29 is 19.4 Å². The van der Waals surface area contributed by atoms with Crippen LogP contribution in [0.2, 0.25) is 0 Å². The maximum absolute atomic E-state index is 13.2. The maximum atomic E-state index is 13.2. The smallest absolute Gasteiger partial charge is 0.296 e. The lowest BCUT2D eigenvalue weighted by Gasteiger charge is -2.24. The molecular formula is C24H21N3O4S. The molecule has 4 rings (SSSR count). The average Bonchev–Trinajstić information content (AvgIpc) is 3.34. The van der Waals surface area contributed by atoms with E-state index < -0.39 is 23.5 Å². The highest BCUT2D eigenvalue weighted by atomic mass is 32.1.